The molecule has 3 nitrogen and oxygen atoms in total. The van der Waals surface area contributed by atoms with Crippen LogP contribution in [0.4, 0.5) is 10.1 Å². The number of para-hydroxylation sites is 1. The summed E-state index contributed by atoms with van der Waals surface area (Å²) in [4.78, 5) is 0. The fourth-order valence-electron chi connectivity index (χ4n) is 2.32. The summed E-state index contributed by atoms with van der Waals surface area (Å²) < 4.78 is 19.4. The minimum absolute atomic E-state index is 0.0994. The van der Waals surface area contributed by atoms with Gasteiger partial charge in [-0.1, -0.05) is 24.3 Å². The molecule has 0 bridgehead atoms. The number of benzene rings is 2. The summed E-state index contributed by atoms with van der Waals surface area (Å²) in [5.74, 6) is 0.536. The van der Waals surface area contributed by atoms with Gasteiger partial charge in [0.2, 0.25) is 0 Å². The lowest BCUT2D eigenvalue weighted by Gasteiger charge is -2.15. The van der Waals surface area contributed by atoms with Gasteiger partial charge in [-0.15, -0.1) is 0 Å². The number of hydrogen-bond donors (Lipinski definition) is 2. The summed E-state index contributed by atoms with van der Waals surface area (Å²) in [5, 5.41) is 7.60. The lowest BCUT2D eigenvalue weighted by Crippen LogP contribution is -2.30. The highest BCUT2D eigenvalue weighted by molar-refractivity contribution is 7.80. The molecule has 0 aliphatic rings. The Kier molecular flexibility index (Phi) is 4.30. The van der Waals surface area contributed by atoms with E-state index in [9.17, 15) is 4.39 Å². The van der Waals surface area contributed by atoms with Crippen molar-refractivity contribution in [1.82, 2.24) is 5.32 Å². The Morgan fingerprint density at radius 3 is 2.70 bits per heavy atom. The second-order valence-electron chi connectivity index (χ2n) is 5.47. The van der Waals surface area contributed by atoms with Gasteiger partial charge in [0, 0.05) is 11.1 Å². The molecule has 1 heterocycles. The molecule has 0 aliphatic heterocycles. The molecule has 0 unspecified atom stereocenters. The van der Waals surface area contributed by atoms with E-state index < -0.39 is 0 Å². The Hall–Kier alpha value is -2.40. The van der Waals surface area contributed by atoms with E-state index in [-0.39, 0.29) is 11.9 Å². The van der Waals surface area contributed by atoms with E-state index in [4.69, 9.17) is 16.6 Å². The Bertz CT molecular complexity index is 826. The number of rotatable bonds is 3. The average molecular weight is 328 g/mol. The third-order valence-corrected chi connectivity index (χ3v) is 3.87. The van der Waals surface area contributed by atoms with Crippen molar-refractivity contribution < 1.29 is 8.81 Å². The van der Waals surface area contributed by atoms with Crippen LogP contribution in [0.1, 0.15) is 24.3 Å². The maximum Gasteiger partial charge on any atom is 0.171 e. The third kappa shape index (κ3) is 3.51. The summed E-state index contributed by atoms with van der Waals surface area (Å²) in [6, 6.07) is 14.6. The van der Waals surface area contributed by atoms with E-state index >= 15 is 0 Å². The first kappa shape index (κ1) is 15.5. The Balaban J connectivity index is 1.67. The highest BCUT2D eigenvalue weighted by Crippen LogP contribution is 2.23. The summed E-state index contributed by atoms with van der Waals surface area (Å²) in [7, 11) is 0. The van der Waals surface area contributed by atoms with Crippen molar-refractivity contribution in [3.05, 3.63) is 65.7 Å². The Morgan fingerprint density at radius 1 is 1.17 bits per heavy atom. The van der Waals surface area contributed by atoms with Gasteiger partial charge >= 0.3 is 0 Å². The maximum absolute atomic E-state index is 13.6. The predicted molar refractivity (Wildman–Crippen MR) is 95.1 cm³/mol. The monoisotopic (exact) mass is 328 g/mol. The number of hydrogen-bond acceptors (Lipinski definition) is 2. The minimum Gasteiger partial charge on any atom is -0.459 e. The van der Waals surface area contributed by atoms with Crippen molar-refractivity contribution in [2.75, 3.05) is 5.32 Å². The first-order valence-electron chi connectivity index (χ1n) is 7.35. The minimum atomic E-state index is -0.261. The van der Waals surface area contributed by atoms with Crippen molar-refractivity contribution in [2.45, 2.75) is 19.9 Å². The largest absolute Gasteiger partial charge is 0.459 e. The molecule has 23 heavy (non-hydrogen) atoms. The molecular formula is C18H17FN2OS. The lowest BCUT2D eigenvalue weighted by atomic mass is 10.2. The van der Waals surface area contributed by atoms with Crippen LogP contribution in [-0.4, -0.2) is 5.11 Å². The van der Waals surface area contributed by atoms with Gasteiger partial charge in [0.05, 0.1) is 6.04 Å². The molecule has 1 atom stereocenters. The van der Waals surface area contributed by atoms with Crippen LogP contribution in [0, 0.1) is 12.7 Å². The lowest BCUT2D eigenvalue weighted by molar-refractivity contribution is 0.493. The van der Waals surface area contributed by atoms with Crippen LogP contribution < -0.4 is 10.6 Å². The standard InChI is InChI=1S/C18H17FN2OS/c1-11-7-8-14(10-15(11)19)21-18(23)20-12(2)17-9-13-5-3-4-6-16(13)22-17/h3-10,12H,1-2H3,(H2,20,21,23)/t12-/m0/s1. The molecule has 0 spiro atoms. The predicted octanol–water partition coefficient (Wildman–Crippen LogP) is 4.93. The van der Waals surface area contributed by atoms with Gasteiger partial charge in [0.15, 0.2) is 5.11 Å². The summed E-state index contributed by atoms with van der Waals surface area (Å²) >= 11 is 5.28. The normalized spacial score (nSPS) is 12.1. The SMILES string of the molecule is Cc1ccc(NC(=S)N[C@@H](C)c2cc3ccccc3o2)cc1F. The van der Waals surface area contributed by atoms with Crippen molar-refractivity contribution in [2.24, 2.45) is 0 Å². The van der Waals surface area contributed by atoms with Crippen molar-refractivity contribution in [3.63, 3.8) is 0 Å². The van der Waals surface area contributed by atoms with Crippen molar-refractivity contribution in [3.8, 4) is 0 Å². The van der Waals surface area contributed by atoms with E-state index in [1.165, 1.54) is 6.07 Å². The molecular weight excluding hydrogens is 311 g/mol. The average Bonchev–Trinajstić information content (AvgIpc) is 2.95. The molecule has 0 saturated carbocycles. The van der Waals surface area contributed by atoms with Gasteiger partial charge in [-0.2, -0.15) is 0 Å². The maximum atomic E-state index is 13.6. The van der Waals surface area contributed by atoms with Gasteiger partial charge in [0.1, 0.15) is 17.2 Å². The number of anilines is 1. The number of thiocarbonyl (C=S) groups is 1. The van der Waals surface area contributed by atoms with Crippen LogP contribution in [0.5, 0.6) is 0 Å². The number of furan rings is 1. The van der Waals surface area contributed by atoms with Crippen molar-refractivity contribution >= 4 is 34.0 Å². The molecule has 0 aliphatic carbocycles. The Labute approximate surface area is 139 Å². The van der Waals surface area contributed by atoms with E-state index in [1.54, 1.807) is 19.1 Å². The number of halogens is 1. The molecule has 0 saturated heterocycles. The van der Waals surface area contributed by atoms with E-state index in [0.717, 1.165) is 16.7 Å². The number of nitrogens with one attached hydrogen (secondary N) is 2. The molecule has 2 aromatic carbocycles. The van der Waals surface area contributed by atoms with Gasteiger partial charge in [0.25, 0.3) is 0 Å². The first-order chi connectivity index (χ1) is 11.0. The second-order valence-corrected chi connectivity index (χ2v) is 5.88. The van der Waals surface area contributed by atoms with E-state index in [2.05, 4.69) is 10.6 Å². The number of aryl methyl sites for hydroxylation is 1. The quantitative estimate of drug-likeness (QED) is 0.669. The molecule has 3 rings (SSSR count). The zero-order valence-electron chi connectivity index (χ0n) is 12.9. The van der Waals surface area contributed by atoms with E-state index in [1.807, 2.05) is 37.3 Å². The summed E-state index contributed by atoms with van der Waals surface area (Å²) in [5.41, 5.74) is 2.06. The van der Waals surface area contributed by atoms with Crippen molar-refractivity contribution in [1.29, 1.82) is 0 Å². The summed E-state index contributed by atoms with van der Waals surface area (Å²) in [6.07, 6.45) is 0. The fraction of sp³-hybridized carbons (Fsp3) is 0.167. The van der Waals surface area contributed by atoms with Crippen LogP contribution in [0.25, 0.3) is 11.0 Å². The zero-order valence-corrected chi connectivity index (χ0v) is 13.7. The highest BCUT2D eigenvalue weighted by Gasteiger charge is 2.12. The Morgan fingerprint density at radius 2 is 1.96 bits per heavy atom. The molecule has 1 aromatic heterocycles. The topological polar surface area (TPSA) is 37.2 Å². The first-order valence-corrected chi connectivity index (χ1v) is 7.76. The number of fused-ring (bicyclic) bond motifs is 1. The smallest absolute Gasteiger partial charge is 0.171 e. The van der Waals surface area contributed by atoms with Gasteiger partial charge in [-0.05, 0) is 55.9 Å². The highest BCUT2D eigenvalue weighted by atomic mass is 32.1. The van der Waals surface area contributed by atoms with Crippen LogP contribution in [0.15, 0.2) is 52.9 Å². The fourth-order valence-corrected chi connectivity index (χ4v) is 2.62. The third-order valence-electron chi connectivity index (χ3n) is 3.65. The van der Waals surface area contributed by atoms with Crippen LogP contribution in [0.2, 0.25) is 0 Å². The van der Waals surface area contributed by atoms with Crippen LogP contribution in [-0.2, 0) is 0 Å². The zero-order chi connectivity index (χ0) is 16.4. The molecule has 3 aromatic rings. The molecule has 0 fully saturated rings. The molecule has 2 N–H and O–H groups in total. The molecule has 0 radical (unpaired) electrons. The van der Waals surface area contributed by atoms with Gasteiger partial charge in [-0.25, -0.2) is 4.39 Å². The molecule has 0 amide bonds. The molecule has 5 heteroatoms. The van der Waals surface area contributed by atoms with E-state index in [0.29, 0.717) is 16.4 Å². The van der Waals surface area contributed by atoms with Gasteiger partial charge < -0.3 is 15.1 Å². The van der Waals surface area contributed by atoms with Crippen LogP contribution >= 0.6 is 12.2 Å². The van der Waals surface area contributed by atoms with Gasteiger partial charge in [-0.3, -0.25) is 0 Å². The summed E-state index contributed by atoms with van der Waals surface area (Å²) in [6.45, 7) is 3.68. The second kappa shape index (κ2) is 6.38. The molecule has 118 valence electrons. The van der Waals surface area contributed by atoms with Crippen LogP contribution in [0.3, 0.4) is 0 Å².